The Morgan fingerprint density at radius 2 is 1.65 bits per heavy atom. The van der Waals surface area contributed by atoms with Crippen molar-refractivity contribution < 1.29 is 24.2 Å². The van der Waals surface area contributed by atoms with Crippen molar-refractivity contribution in [2.75, 3.05) is 19.8 Å². The number of carbonyl (C=O) groups is 2. The zero-order valence-corrected chi connectivity index (χ0v) is 14.9. The van der Waals surface area contributed by atoms with Gasteiger partial charge in [0.2, 0.25) is 0 Å². The zero-order valence-electron chi connectivity index (χ0n) is 14.9. The molecule has 23 heavy (non-hydrogen) atoms. The van der Waals surface area contributed by atoms with Crippen molar-refractivity contribution in [2.24, 2.45) is 5.41 Å². The van der Waals surface area contributed by atoms with Crippen LogP contribution in [0, 0.1) is 5.41 Å². The van der Waals surface area contributed by atoms with Crippen LogP contribution in [0.2, 0.25) is 0 Å². The molecule has 0 fully saturated rings. The first kappa shape index (κ1) is 21.6. The first-order valence-corrected chi connectivity index (χ1v) is 8.50. The Morgan fingerprint density at radius 3 is 2.17 bits per heavy atom. The lowest BCUT2D eigenvalue weighted by atomic mass is 9.88. The van der Waals surface area contributed by atoms with Gasteiger partial charge >= 0.3 is 11.9 Å². The van der Waals surface area contributed by atoms with Crippen LogP contribution in [0.3, 0.4) is 0 Å². The Morgan fingerprint density at radius 1 is 1.04 bits per heavy atom. The third kappa shape index (κ3) is 9.39. The third-order valence-corrected chi connectivity index (χ3v) is 3.97. The van der Waals surface area contributed by atoms with E-state index in [9.17, 15) is 14.7 Å². The van der Waals surface area contributed by atoms with Crippen LogP contribution in [0.25, 0.3) is 0 Å². The van der Waals surface area contributed by atoms with E-state index in [-0.39, 0.29) is 25.8 Å². The predicted molar refractivity (Wildman–Crippen MR) is 89.9 cm³/mol. The predicted octanol–water partition coefficient (Wildman–Crippen LogP) is 3.40. The Bertz CT molecular complexity index is 372. The topological polar surface area (TPSA) is 72.8 Å². The maximum atomic E-state index is 11.8. The first-order chi connectivity index (χ1) is 10.9. The molecule has 1 unspecified atom stereocenters. The lowest BCUT2D eigenvalue weighted by Gasteiger charge is -2.29. The van der Waals surface area contributed by atoms with Crippen molar-refractivity contribution in [3.63, 3.8) is 0 Å². The fraction of sp³-hybridized carbons (Fsp3) is 0.778. The fourth-order valence-electron chi connectivity index (χ4n) is 1.97. The molecule has 134 valence electrons. The van der Waals surface area contributed by atoms with E-state index in [4.69, 9.17) is 9.47 Å². The summed E-state index contributed by atoms with van der Waals surface area (Å²) in [5.74, 6) is -0.766. The minimum absolute atomic E-state index is 0.00940. The van der Waals surface area contributed by atoms with Gasteiger partial charge in [-0.15, -0.1) is 0 Å². The van der Waals surface area contributed by atoms with Crippen molar-refractivity contribution in [3.05, 3.63) is 12.2 Å². The highest BCUT2D eigenvalue weighted by Gasteiger charge is 2.31. The van der Waals surface area contributed by atoms with Crippen LogP contribution in [0.1, 0.15) is 65.7 Å². The van der Waals surface area contributed by atoms with E-state index in [0.717, 1.165) is 19.3 Å². The molecule has 0 aliphatic rings. The number of carbonyl (C=O) groups excluding carboxylic acids is 2. The van der Waals surface area contributed by atoms with Gasteiger partial charge in [-0.1, -0.05) is 46.1 Å². The maximum Gasteiger partial charge on any atom is 0.333 e. The number of rotatable bonds is 13. The van der Waals surface area contributed by atoms with Crippen molar-refractivity contribution in [1.82, 2.24) is 0 Å². The van der Waals surface area contributed by atoms with E-state index < -0.39 is 11.4 Å². The molecule has 0 rings (SSSR count). The highest BCUT2D eigenvalue weighted by atomic mass is 16.5. The summed E-state index contributed by atoms with van der Waals surface area (Å²) in [6.07, 6.45) is 6.27. The third-order valence-electron chi connectivity index (χ3n) is 3.97. The molecular weight excluding hydrogens is 296 g/mol. The molecule has 0 heterocycles. The molecule has 0 saturated heterocycles. The second kappa shape index (κ2) is 12.1. The maximum absolute atomic E-state index is 11.8. The van der Waals surface area contributed by atoms with Crippen LogP contribution in [0.15, 0.2) is 12.2 Å². The summed E-state index contributed by atoms with van der Waals surface area (Å²) in [6, 6.07) is 0. The van der Waals surface area contributed by atoms with Gasteiger partial charge in [-0.05, 0) is 19.8 Å². The molecule has 5 nitrogen and oxygen atoms in total. The van der Waals surface area contributed by atoms with E-state index in [1.165, 1.54) is 12.8 Å². The van der Waals surface area contributed by atoms with Crippen LogP contribution in [-0.2, 0) is 19.1 Å². The van der Waals surface area contributed by atoms with Gasteiger partial charge in [0.25, 0.3) is 0 Å². The summed E-state index contributed by atoms with van der Waals surface area (Å²) in [5.41, 5.74) is -0.444. The molecule has 0 aromatic heterocycles. The summed E-state index contributed by atoms with van der Waals surface area (Å²) < 4.78 is 10.4. The van der Waals surface area contributed by atoms with Crippen LogP contribution < -0.4 is 0 Å². The van der Waals surface area contributed by atoms with Crippen molar-refractivity contribution in [2.45, 2.75) is 65.7 Å². The molecule has 1 atom stereocenters. The fourth-order valence-corrected chi connectivity index (χ4v) is 1.97. The molecule has 5 heteroatoms. The molecule has 0 amide bonds. The summed E-state index contributed by atoms with van der Waals surface area (Å²) in [7, 11) is 0. The second-order valence-corrected chi connectivity index (χ2v) is 6.19. The molecule has 0 saturated carbocycles. The largest absolute Gasteiger partial charge is 0.465 e. The summed E-state index contributed by atoms with van der Waals surface area (Å²) in [5, 5.41) is 9.61. The smallest absolute Gasteiger partial charge is 0.333 e. The molecule has 0 spiro atoms. The van der Waals surface area contributed by atoms with Gasteiger partial charge in [0.1, 0.15) is 13.2 Å². The second-order valence-electron chi connectivity index (χ2n) is 6.19. The number of esters is 2. The minimum atomic E-state index is -0.747. The Hall–Kier alpha value is -1.36. The van der Waals surface area contributed by atoms with E-state index in [2.05, 4.69) is 13.5 Å². The number of hydrogen-bond acceptors (Lipinski definition) is 5. The van der Waals surface area contributed by atoms with Gasteiger partial charge in [0, 0.05) is 12.0 Å². The van der Waals surface area contributed by atoms with Gasteiger partial charge < -0.3 is 14.6 Å². The first-order valence-electron chi connectivity index (χ1n) is 8.50. The van der Waals surface area contributed by atoms with E-state index >= 15 is 0 Å². The molecule has 0 aromatic carbocycles. The Kier molecular flexibility index (Phi) is 11.4. The van der Waals surface area contributed by atoms with Gasteiger partial charge in [-0.2, -0.15) is 0 Å². The average Bonchev–Trinajstić information content (AvgIpc) is 2.55. The van der Waals surface area contributed by atoms with E-state index in [1.54, 1.807) is 6.92 Å². The summed E-state index contributed by atoms with van der Waals surface area (Å²) in [6.45, 7) is 8.94. The monoisotopic (exact) mass is 328 g/mol. The standard InChI is InChI=1S/C18H32O5/c1-5-7-8-9-10-11-16(20)22-13-18(6-2,12-19)14-23-17(21)15(3)4/h19H,3,5-14H2,1-2,4H3. The zero-order chi connectivity index (χ0) is 17.7. The van der Waals surface area contributed by atoms with Crippen LogP contribution in [0.4, 0.5) is 0 Å². The molecule has 0 aliphatic heterocycles. The number of aliphatic hydroxyl groups excluding tert-OH is 1. The molecule has 0 aliphatic carbocycles. The highest BCUT2D eigenvalue weighted by Crippen LogP contribution is 2.23. The Balaban J connectivity index is 4.22. The lowest BCUT2D eigenvalue weighted by molar-refractivity contribution is -0.154. The minimum Gasteiger partial charge on any atom is -0.465 e. The molecule has 0 radical (unpaired) electrons. The average molecular weight is 328 g/mol. The molecule has 1 N–H and O–H groups in total. The van der Waals surface area contributed by atoms with Gasteiger partial charge in [0.15, 0.2) is 0 Å². The normalized spacial score (nSPS) is 13.2. The van der Waals surface area contributed by atoms with Crippen LogP contribution >= 0.6 is 0 Å². The number of unbranched alkanes of at least 4 members (excludes halogenated alkanes) is 4. The SMILES string of the molecule is C=C(C)C(=O)OCC(CC)(CO)COC(=O)CCCCCCC. The van der Waals surface area contributed by atoms with Crippen molar-refractivity contribution in [1.29, 1.82) is 0 Å². The molecule has 0 bridgehead atoms. The van der Waals surface area contributed by atoms with E-state index in [1.807, 2.05) is 6.92 Å². The Labute approximate surface area is 140 Å². The van der Waals surface area contributed by atoms with Crippen LogP contribution in [0.5, 0.6) is 0 Å². The molecule has 0 aromatic rings. The van der Waals surface area contributed by atoms with Crippen LogP contribution in [-0.4, -0.2) is 36.9 Å². The van der Waals surface area contributed by atoms with Crippen molar-refractivity contribution in [3.8, 4) is 0 Å². The van der Waals surface area contributed by atoms with Gasteiger partial charge in [-0.3, -0.25) is 4.79 Å². The number of ether oxygens (including phenoxy) is 2. The quantitative estimate of drug-likeness (QED) is 0.319. The summed E-state index contributed by atoms with van der Waals surface area (Å²) >= 11 is 0. The molecular formula is C18H32O5. The number of aliphatic hydroxyl groups is 1. The van der Waals surface area contributed by atoms with Gasteiger partial charge in [0.05, 0.1) is 12.0 Å². The van der Waals surface area contributed by atoms with Gasteiger partial charge in [-0.25, -0.2) is 4.79 Å². The number of hydrogen-bond donors (Lipinski definition) is 1. The lowest BCUT2D eigenvalue weighted by Crippen LogP contribution is -2.37. The highest BCUT2D eigenvalue weighted by molar-refractivity contribution is 5.86. The summed E-state index contributed by atoms with van der Waals surface area (Å²) in [4.78, 5) is 23.3. The van der Waals surface area contributed by atoms with E-state index in [0.29, 0.717) is 18.4 Å². The van der Waals surface area contributed by atoms with Crippen molar-refractivity contribution >= 4 is 11.9 Å².